The van der Waals surface area contributed by atoms with Crippen LogP contribution in [0.4, 0.5) is 11.6 Å². The van der Waals surface area contributed by atoms with Gasteiger partial charge in [-0.3, -0.25) is 4.79 Å². The zero-order valence-electron chi connectivity index (χ0n) is 16.5. The van der Waals surface area contributed by atoms with Crippen LogP contribution in [0.1, 0.15) is 48.2 Å². The van der Waals surface area contributed by atoms with Crippen LogP contribution in [0.3, 0.4) is 0 Å². The zero-order chi connectivity index (χ0) is 19.9. The van der Waals surface area contributed by atoms with Gasteiger partial charge in [-0.1, -0.05) is 67.8 Å². The zero-order valence-corrected chi connectivity index (χ0v) is 16.5. The molecule has 1 aromatic heterocycles. The molecule has 1 amide bonds. The fraction of sp³-hybridized carbons (Fsp3) is 0.292. The number of nitrogens with one attached hydrogen (secondary N) is 1. The van der Waals surface area contributed by atoms with Crippen molar-refractivity contribution in [3.8, 4) is 0 Å². The third kappa shape index (κ3) is 4.99. The Kier molecular flexibility index (Phi) is 6.15. The molecule has 1 heterocycles. The van der Waals surface area contributed by atoms with E-state index >= 15 is 0 Å². The molecule has 29 heavy (non-hydrogen) atoms. The summed E-state index contributed by atoms with van der Waals surface area (Å²) < 4.78 is 0. The summed E-state index contributed by atoms with van der Waals surface area (Å²) in [5.41, 5.74) is 2.55. The molecule has 0 spiro atoms. The summed E-state index contributed by atoms with van der Waals surface area (Å²) in [5.74, 6) is 0.407. The topological polar surface area (TPSA) is 58.1 Å². The molecule has 1 N–H and O–H groups in total. The molecule has 1 fully saturated rings. The second-order valence-corrected chi connectivity index (χ2v) is 7.46. The SMILES string of the molecule is O=C(NC1CCCCC1)c1ccnc(N(Cc2ccccc2)c2ccccc2)n1. The smallest absolute Gasteiger partial charge is 0.270 e. The summed E-state index contributed by atoms with van der Waals surface area (Å²) in [6.45, 7) is 0.624. The van der Waals surface area contributed by atoms with Crippen LogP contribution in [-0.4, -0.2) is 21.9 Å². The third-order valence-electron chi connectivity index (χ3n) is 5.31. The quantitative estimate of drug-likeness (QED) is 0.656. The number of aromatic nitrogens is 2. The van der Waals surface area contributed by atoms with Crippen molar-refractivity contribution in [1.29, 1.82) is 0 Å². The Bertz CT molecular complexity index is 924. The Morgan fingerprint density at radius 1 is 0.931 bits per heavy atom. The van der Waals surface area contributed by atoms with E-state index in [0.29, 0.717) is 18.2 Å². The number of carbonyl (C=O) groups excluding carboxylic acids is 1. The van der Waals surface area contributed by atoms with Gasteiger partial charge < -0.3 is 10.2 Å². The van der Waals surface area contributed by atoms with Gasteiger partial charge in [0, 0.05) is 17.9 Å². The number of para-hydroxylation sites is 1. The second kappa shape index (κ2) is 9.32. The van der Waals surface area contributed by atoms with Crippen molar-refractivity contribution in [1.82, 2.24) is 15.3 Å². The molecule has 1 saturated carbocycles. The summed E-state index contributed by atoms with van der Waals surface area (Å²) in [6, 6.07) is 22.2. The maximum atomic E-state index is 12.8. The minimum atomic E-state index is -0.117. The highest BCUT2D eigenvalue weighted by Gasteiger charge is 2.19. The van der Waals surface area contributed by atoms with Crippen LogP contribution >= 0.6 is 0 Å². The number of amides is 1. The molecule has 1 aliphatic carbocycles. The van der Waals surface area contributed by atoms with Crippen molar-refractivity contribution >= 4 is 17.5 Å². The number of benzene rings is 2. The van der Waals surface area contributed by atoms with Crippen LogP contribution in [0.2, 0.25) is 0 Å². The van der Waals surface area contributed by atoms with Crippen molar-refractivity contribution in [3.05, 3.63) is 84.2 Å². The van der Waals surface area contributed by atoms with Gasteiger partial charge >= 0.3 is 0 Å². The normalized spacial score (nSPS) is 14.3. The van der Waals surface area contributed by atoms with Crippen molar-refractivity contribution in [2.45, 2.75) is 44.7 Å². The number of hydrogen-bond donors (Lipinski definition) is 1. The van der Waals surface area contributed by atoms with Crippen LogP contribution in [0, 0.1) is 0 Å². The van der Waals surface area contributed by atoms with Gasteiger partial charge in [-0.2, -0.15) is 0 Å². The molecule has 0 unspecified atom stereocenters. The van der Waals surface area contributed by atoms with E-state index in [2.05, 4.69) is 27.4 Å². The summed E-state index contributed by atoms with van der Waals surface area (Å²) in [6.07, 6.45) is 7.38. The summed E-state index contributed by atoms with van der Waals surface area (Å²) in [5, 5.41) is 3.14. The average Bonchev–Trinajstić information content (AvgIpc) is 2.79. The Morgan fingerprint density at radius 3 is 2.34 bits per heavy atom. The van der Waals surface area contributed by atoms with E-state index in [-0.39, 0.29) is 11.9 Å². The lowest BCUT2D eigenvalue weighted by Gasteiger charge is -2.24. The van der Waals surface area contributed by atoms with Crippen LogP contribution in [0.15, 0.2) is 72.9 Å². The van der Waals surface area contributed by atoms with Crippen molar-refractivity contribution in [2.24, 2.45) is 0 Å². The van der Waals surface area contributed by atoms with E-state index < -0.39 is 0 Å². The van der Waals surface area contributed by atoms with Gasteiger partial charge in [0.25, 0.3) is 5.91 Å². The maximum Gasteiger partial charge on any atom is 0.270 e. The lowest BCUT2D eigenvalue weighted by Crippen LogP contribution is -2.36. The lowest BCUT2D eigenvalue weighted by atomic mass is 9.95. The third-order valence-corrected chi connectivity index (χ3v) is 5.31. The number of anilines is 2. The van der Waals surface area contributed by atoms with Crippen LogP contribution in [0.5, 0.6) is 0 Å². The molecule has 5 heteroatoms. The first-order valence-electron chi connectivity index (χ1n) is 10.3. The highest BCUT2D eigenvalue weighted by atomic mass is 16.1. The van der Waals surface area contributed by atoms with Gasteiger partial charge in [0.2, 0.25) is 5.95 Å². The summed E-state index contributed by atoms with van der Waals surface area (Å²) in [7, 11) is 0. The maximum absolute atomic E-state index is 12.8. The van der Waals surface area contributed by atoms with Gasteiger partial charge in [0.1, 0.15) is 5.69 Å². The van der Waals surface area contributed by atoms with Gasteiger partial charge in [-0.25, -0.2) is 9.97 Å². The first kappa shape index (κ1) is 19.1. The largest absolute Gasteiger partial charge is 0.348 e. The number of rotatable bonds is 6. The van der Waals surface area contributed by atoms with Crippen molar-refractivity contribution in [2.75, 3.05) is 4.90 Å². The minimum absolute atomic E-state index is 0.117. The highest BCUT2D eigenvalue weighted by Crippen LogP contribution is 2.24. The molecule has 3 aromatic rings. The van der Waals surface area contributed by atoms with Gasteiger partial charge in [0.05, 0.1) is 6.54 Å². The van der Waals surface area contributed by atoms with Crippen LogP contribution < -0.4 is 10.2 Å². The fourth-order valence-corrected chi connectivity index (χ4v) is 3.76. The van der Waals surface area contributed by atoms with Gasteiger partial charge in [-0.15, -0.1) is 0 Å². The first-order valence-corrected chi connectivity index (χ1v) is 10.3. The van der Waals surface area contributed by atoms with E-state index in [4.69, 9.17) is 0 Å². The molecule has 1 aliphatic rings. The molecule has 0 bridgehead atoms. The average molecular weight is 386 g/mol. The van der Waals surface area contributed by atoms with E-state index in [9.17, 15) is 4.79 Å². The standard InChI is InChI=1S/C24H26N4O/c29-23(26-20-12-6-2-7-13-20)22-16-17-25-24(27-22)28(21-14-8-3-9-15-21)18-19-10-4-1-5-11-19/h1,3-5,8-11,14-17,20H,2,6-7,12-13,18H2,(H,26,29). The molecular formula is C24H26N4O. The highest BCUT2D eigenvalue weighted by molar-refractivity contribution is 5.92. The molecule has 148 valence electrons. The summed E-state index contributed by atoms with van der Waals surface area (Å²) >= 11 is 0. The Morgan fingerprint density at radius 2 is 1.62 bits per heavy atom. The molecule has 0 radical (unpaired) electrons. The number of carbonyl (C=O) groups is 1. The van der Waals surface area contributed by atoms with Crippen LogP contribution in [0.25, 0.3) is 0 Å². The van der Waals surface area contributed by atoms with Crippen molar-refractivity contribution < 1.29 is 4.79 Å². The Balaban J connectivity index is 1.59. The van der Waals surface area contributed by atoms with Crippen molar-refractivity contribution in [3.63, 3.8) is 0 Å². The number of hydrogen-bond acceptors (Lipinski definition) is 4. The molecule has 0 atom stereocenters. The van der Waals surface area contributed by atoms with Gasteiger partial charge in [0.15, 0.2) is 0 Å². The second-order valence-electron chi connectivity index (χ2n) is 7.46. The minimum Gasteiger partial charge on any atom is -0.348 e. The molecule has 0 aliphatic heterocycles. The predicted molar refractivity (Wildman–Crippen MR) is 115 cm³/mol. The molecule has 2 aromatic carbocycles. The molecule has 4 rings (SSSR count). The van der Waals surface area contributed by atoms with E-state index in [0.717, 1.165) is 24.1 Å². The molecular weight excluding hydrogens is 360 g/mol. The van der Waals surface area contributed by atoms with E-state index in [1.54, 1.807) is 12.3 Å². The summed E-state index contributed by atoms with van der Waals surface area (Å²) in [4.78, 5) is 23.9. The van der Waals surface area contributed by atoms with Gasteiger partial charge in [-0.05, 0) is 36.6 Å². The Labute approximate surface area is 171 Å². The van der Waals surface area contributed by atoms with E-state index in [1.165, 1.54) is 19.3 Å². The van der Waals surface area contributed by atoms with E-state index in [1.807, 2.05) is 53.4 Å². The molecule has 0 saturated heterocycles. The lowest BCUT2D eigenvalue weighted by molar-refractivity contribution is 0.0922. The Hall–Kier alpha value is -3.21. The monoisotopic (exact) mass is 386 g/mol. The fourth-order valence-electron chi connectivity index (χ4n) is 3.76. The molecule has 5 nitrogen and oxygen atoms in total. The first-order chi connectivity index (χ1) is 14.3. The number of nitrogens with zero attached hydrogens (tertiary/aromatic N) is 3. The van der Waals surface area contributed by atoms with Crippen LogP contribution in [-0.2, 0) is 6.54 Å². The predicted octanol–water partition coefficient (Wildman–Crippen LogP) is 4.88.